The molecule has 0 radical (unpaired) electrons. The predicted octanol–water partition coefficient (Wildman–Crippen LogP) is 1.18. The summed E-state index contributed by atoms with van der Waals surface area (Å²) in [5.74, 6) is 1.00. The van der Waals surface area contributed by atoms with Gasteiger partial charge in [-0.15, -0.1) is 0 Å². The molecule has 114 valence electrons. The Morgan fingerprint density at radius 1 is 1.50 bits per heavy atom. The number of nitrogens with zero attached hydrogens (tertiary/aromatic N) is 1. The molecule has 2 saturated heterocycles. The topological polar surface area (TPSA) is 69.6 Å². The van der Waals surface area contributed by atoms with Crippen molar-refractivity contribution in [1.82, 2.24) is 10.2 Å². The van der Waals surface area contributed by atoms with Crippen LogP contribution >= 0.6 is 11.8 Å². The van der Waals surface area contributed by atoms with Crippen molar-refractivity contribution in [1.29, 1.82) is 0 Å². The highest BCUT2D eigenvalue weighted by molar-refractivity contribution is 7.99. The number of hydrogen-bond donors (Lipinski definition) is 2. The Bertz CT molecular complexity index is 369. The molecule has 2 fully saturated rings. The minimum absolute atomic E-state index is 0.0615. The van der Waals surface area contributed by atoms with E-state index in [9.17, 15) is 9.59 Å². The van der Waals surface area contributed by atoms with E-state index in [2.05, 4.69) is 12.2 Å². The first-order valence-corrected chi connectivity index (χ1v) is 8.56. The average molecular weight is 300 g/mol. The van der Waals surface area contributed by atoms with E-state index in [1.807, 2.05) is 4.90 Å². The minimum atomic E-state index is -0.817. The second-order valence-corrected chi connectivity index (χ2v) is 6.89. The van der Waals surface area contributed by atoms with Gasteiger partial charge in [-0.05, 0) is 25.8 Å². The first-order chi connectivity index (χ1) is 9.59. The van der Waals surface area contributed by atoms with Gasteiger partial charge in [0.1, 0.15) is 0 Å². The van der Waals surface area contributed by atoms with Crippen LogP contribution in [-0.2, 0) is 9.59 Å². The van der Waals surface area contributed by atoms with Crippen LogP contribution in [0.25, 0.3) is 0 Å². The quantitative estimate of drug-likeness (QED) is 0.816. The Morgan fingerprint density at radius 2 is 2.30 bits per heavy atom. The first kappa shape index (κ1) is 15.6. The highest BCUT2D eigenvalue weighted by atomic mass is 32.2. The molecule has 0 spiro atoms. The zero-order valence-corrected chi connectivity index (χ0v) is 12.9. The molecule has 0 aromatic carbocycles. The van der Waals surface area contributed by atoms with Gasteiger partial charge in [-0.2, -0.15) is 11.8 Å². The molecule has 2 N–H and O–H groups in total. The summed E-state index contributed by atoms with van der Waals surface area (Å²) in [6.07, 6.45) is 2.82. The summed E-state index contributed by atoms with van der Waals surface area (Å²) in [6, 6.07) is -0.149. The Morgan fingerprint density at radius 3 is 2.90 bits per heavy atom. The van der Waals surface area contributed by atoms with Crippen molar-refractivity contribution in [2.75, 3.05) is 31.1 Å². The van der Waals surface area contributed by atoms with Crippen molar-refractivity contribution in [3.05, 3.63) is 0 Å². The normalized spacial score (nSPS) is 31.1. The van der Waals surface area contributed by atoms with E-state index in [-0.39, 0.29) is 23.8 Å². The molecule has 1 amide bonds. The molecule has 20 heavy (non-hydrogen) atoms. The van der Waals surface area contributed by atoms with Crippen LogP contribution in [0.1, 0.15) is 32.6 Å². The molecule has 2 aliphatic heterocycles. The molecule has 2 heterocycles. The molecular formula is C14H24N2O3S. The van der Waals surface area contributed by atoms with Crippen LogP contribution in [0.15, 0.2) is 0 Å². The van der Waals surface area contributed by atoms with Gasteiger partial charge in [0, 0.05) is 24.6 Å². The minimum Gasteiger partial charge on any atom is -0.481 e. The van der Waals surface area contributed by atoms with Gasteiger partial charge < -0.3 is 15.3 Å². The summed E-state index contributed by atoms with van der Waals surface area (Å²) in [4.78, 5) is 25.8. The van der Waals surface area contributed by atoms with Crippen molar-refractivity contribution >= 4 is 23.6 Å². The number of nitrogens with one attached hydrogen (secondary N) is 1. The maximum Gasteiger partial charge on any atom is 0.305 e. The molecule has 2 rings (SSSR count). The third-order valence-electron chi connectivity index (χ3n) is 4.50. The Kier molecular flexibility index (Phi) is 5.32. The number of thioether (sulfide) groups is 1. The summed E-state index contributed by atoms with van der Waals surface area (Å²) in [6.45, 7) is 4.45. The van der Waals surface area contributed by atoms with Crippen LogP contribution in [0.3, 0.4) is 0 Å². The number of aliphatic carboxylic acids is 1. The lowest BCUT2D eigenvalue weighted by Crippen LogP contribution is -2.56. The van der Waals surface area contributed by atoms with Crippen LogP contribution in [0.2, 0.25) is 0 Å². The summed E-state index contributed by atoms with van der Waals surface area (Å²) in [7, 11) is 0. The van der Waals surface area contributed by atoms with Crippen molar-refractivity contribution < 1.29 is 14.7 Å². The molecule has 6 heteroatoms. The van der Waals surface area contributed by atoms with Gasteiger partial charge in [0.2, 0.25) is 5.91 Å². The number of piperidine rings is 1. The third kappa shape index (κ3) is 3.28. The molecule has 2 atom stereocenters. The van der Waals surface area contributed by atoms with Gasteiger partial charge in [-0.3, -0.25) is 9.59 Å². The van der Waals surface area contributed by atoms with Crippen LogP contribution in [-0.4, -0.2) is 59.1 Å². The number of rotatable bonds is 4. The molecular weight excluding hydrogens is 276 g/mol. The number of amides is 1. The maximum absolute atomic E-state index is 13.0. The average Bonchev–Trinajstić information content (AvgIpc) is 2.47. The summed E-state index contributed by atoms with van der Waals surface area (Å²) in [5.41, 5.74) is -0.322. The predicted molar refractivity (Wildman–Crippen MR) is 79.9 cm³/mol. The standard InChI is InChI=1S/C14H24N2O3S/c1-2-14(4-3-5-15-10-14)13(19)16-6-7-20-9-11(16)8-12(17)18/h11,15H,2-10H2,1H3,(H,17,18). The van der Waals surface area contributed by atoms with Crippen LogP contribution < -0.4 is 5.32 Å². The fraction of sp³-hybridized carbons (Fsp3) is 0.857. The SMILES string of the molecule is CCC1(C(=O)N2CCSCC2CC(=O)O)CCCNC1. The molecule has 2 unspecified atom stereocenters. The van der Waals surface area contributed by atoms with Gasteiger partial charge in [-0.1, -0.05) is 6.92 Å². The molecule has 0 aromatic rings. The second-order valence-electron chi connectivity index (χ2n) is 5.74. The van der Waals surface area contributed by atoms with E-state index in [0.29, 0.717) is 6.54 Å². The Labute approximate surface area is 124 Å². The zero-order chi connectivity index (χ0) is 14.6. The second kappa shape index (κ2) is 6.80. The van der Waals surface area contributed by atoms with E-state index in [0.717, 1.165) is 43.9 Å². The fourth-order valence-corrected chi connectivity index (χ4v) is 4.26. The molecule has 2 aliphatic rings. The van der Waals surface area contributed by atoms with Gasteiger partial charge in [0.05, 0.1) is 17.9 Å². The molecule has 0 aromatic heterocycles. The highest BCUT2D eigenvalue weighted by Gasteiger charge is 2.43. The monoisotopic (exact) mass is 300 g/mol. The van der Waals surface area contributed by atoms with Crippen LogP contribution in [0.4, 0.5) is 0 Å². The van der Waals surface area contributed by atoms with Crippen molar-refractivity contribution in [3.63, 3.8) is 0 Å². The van der Waals surface area contributed by atoms with E-state index >= 15 is 0 Å². The lowest BCUT2D eigenvalue weighted by atomic mass is 9.76. The number of carbonyl (C=O) groups excluding carboxylic acids is 1. The first-order valence-electron chi connectivity index (χ1n) is 7.40. The Balaban J connectivity index is 2.13. The highest BCUT2D eigenvalue weighted by Crippen LogP contribution is 2.34. The summed E-state index contributed by atoms with van der Waals surface area (Å²) in [5, 5.41) is 12.4. The largest absolute Gasteiger partial charge is 0.481 e. The lowest BCUT2D eigenvalue weighted by molar-refractivity contribution is -0.147. The van der Waals surface area contributed by atoms with Gasteiger partial charge in [0.25, 0.3) is 0 Å². The molecule has 0 aliphatic carbocycles. The van der Waals surface area contributed by atoms with Crippen LogP contribution in [0.5, 0.6) is 0 Å². The third-order valence-corrected chi connectivity index (χ3v) is 5.59. The smallest absolute Gasteiger partial charge is 0.305 e. The van der Waals surface area contributed by atoms with Crippen molar-refractivity contribution in [2.24, 2.45) is 5.41 Å². The number of carbonyl (C=O) groups is 2. The molecule has 5 nitrogen and oxygen atoms in total. The van der Waals surface area contributed by atoms with E-state index in [1.54, 1.807) is 11.8 Å². The van der Waals surface area contributed by atoms with E-state index in [1.165, 1.54) is 0 Å². The summed E-state index contributed by atoms with van der Waals surface area (Å²) >= 11 is 1.75. The lowest BCUT2D eigenvalue weighted by Gasteiger charge is -2.43. The summed E-state index contributed by atoms with van der Waals surface area (Å²) < 4.78 is 0. The van der Waals surface area contributed by atoms with Crippen molar-refractivity contribution in [3.8, 4) is 0 Å². The number of hydrogen-bond acceptors (Lipinski definition) is 4. The molecule has 0 bridgehead atoms. The van der Waals surface area contributed by atoms with Crippen molar-refractivity contribution in [2.45, 2.75) is 38.6 Å². The van der Waals surface area contributed by atoms with Gasteiger partial charge >= 0.3 is 5.97 Å². The maximum atomic E-state index is 13.0. The fourth-order valence-electron chi connectivity index (χ4n) is 3.20. The Hall–Kier alpha value is -0.750. The number of carboxylic acid groups (broad SMARTS) is 1. The van der Waals surface area contributed by atoms with Gasteiger partial charge in [0.15, 0.2) is 0 Å². The van der Waals surface area contributed by atoms with E-state index < -0.39 is 5.97 Å². The molecule has 0 saturated carbocycles. The van der Waals surface area contributed by atoms with E-state index in [4.69, 9.17) is 5.11 Å². The van der Waals surface area contributed by atoms with Gasteiger partial charge in [-0.25, -0.2) is 0 Å². The number of carboxylic acids is 1. The zero-order valence-electron chi connectivity index (χ0n) is 12.1. The van der Waals surface area contributed by atoms with Crippen LogP contribution in [0, 0.1) is 5.41 Å².